The van der Waals surface area contributed by atoms with Gasteiger partial charge >= 0.3 is 5.97 Å². The lowest BCUT2D eigenvalue weighted by Crippen LogP contribution is -2.47. The predicted molar refractivity (Wildman–Crippen MR) is 226 cm³/mol. The number of carbonyl (C=O) groups is 2. The fourth-order valence-electron chi connectivity index (χ4n) is 10.5. The summed E-state index contributed by atoms with van der Waals surface area (Å²) in [5.74, 6) is -1.50. The Labute approximate surface area is 327 Å². The van der Waals surface area contributed by atoms with Gasteiger partial charge in [0.1, 0.15) is 18.9 Å². The standard InChI is InChI=1S/C49H47FN2O4/c1-30(46-48(3,4)42-37-19-11-7-15-33(37)35-17-9-13-21-39(35)44(42)51(46)24-23-41(54)55)27-32(50)28-31(2)47-49(5,6)43-38-20-12-8-16-34(38)36-18-10-14-22-40(36)45(43)52(47)25-26-56-29-53/h7-22,27-29,31,47H,23-26H2,1-6H3/p+1. The molecule has 56 heavy (non-hydrogen) atoms. The van der Waals surface area contributed by atoms with Gasteiger partial charge in [0.05, 0.1) is 17.3 Å². The summed E-state index contributed by atoms with van der Waals surface area (Å²) in [6, 6.07) is 33.4. The van der Waals surface area contributed by atoms with Crippen LogP contribution in [0.3, 0.4) is 0 Å². The topological polar surface area (TPSA) is 69.8 Å². The van der Waals surface area contributed by atoms with Crippen LogP contribution in [-0.4, -0.2) is 53.6 Å². The molecule has 6 aromatic rings. The van der Waals surface area contributed by atoms with E-state index in [0.29, 0.717) is 13.0 Å². The van der Waals surface area contributed by atoms with E-state index in [4.69, 9.17) is 4.74 Å². The largest absolute Gasteiger partial charge is 0.481 e. The molecule has 0 saturated carbocycles. The smallest absolute Gasteiger partial charge is 0.309 e. The molecule has 6 aromatic carbocycles. The third-order valence-corrected chi connectivity index (χ3v) is 12.3. The Morgan fingerprint density at radius 1 is 0.821 bits per heavy atom. The zero-order valence-corrected chi connectivity index (χ0v) is 32.9. The Kier molecular flexibility index (Phi) is 9.31. The van der Waals surface area contributed by atoms with E-state index >= 15 is 4.39 Å². The first-order valence-corrected chi connectivity index (χ1v) is 19.5. The van der Waals surface area contributed by atoms with Crippen molar-refractivity contribution in [2.75, 3.05) is 24.6 Å². The van der Waals surface area contributed by atoms with E-state index in [1.165, 1.54) is 16.3 Å². The molecule has 7 heteroatoms. The fraction of sp³-hybridized carbons (Fsp3) is 0.286. The maximum atomic E-state index is 16.8. The molecule has 0 aliphatic carbocycles. The van der Waals surface area contributed by atoms with Crippen molar-refractivity contribution in [3.05, 3.63) is 132 Å². The first-order valence-electron chi connectivity index (χ1n) is 19.5. The van der Waals surface area contributed by atoms with Gasteiger partial charge in [-0.1, -0.05) is 112 Å². The van der Waals surface area contributed by atoms with Crippen molar-refractivity contribution in [2.45, 2.75) is 64.8 Å². The van der Waals surface area contributed by atoms with Gasteiger partial charge in [-0.3, -0.25) is 9.59 Å². The van der Waals surface area contributed by atoms with E-state index in [1.807, 2.05) is 31.2 Å². The minimum Gasteiger partial charge on any atom is -0.481 e. The van der Waals surface area contributed by atoms with Crippen LogP contribution in [0.1, 0.15) is 59.1 Å². The molecule has 0 amide bonds. The van der Waals surface area contributed by atoms with Crippen LogP contribution in [0.2, 0.25) is 0 Å². The summed E-state index contributed by atoms with van der Waals surface area (Å²) in [7, 11) is 0. The highest BCUT2D eigenvalue weighted by molar-refractivity contribution is 6.20. The molecular weight excluding hydrogens is 700 g/mol. The summed E-state index contributed by atoms with van der Waals surface area (Å²) >= 11 is 0. The summed E-state index contributed by atoms with van der Waals surface area (Å²) in [4.78, 5) is 25.7. The summed E-state index contributed by atoms with van der Waals surface area (Å²) < 4.78 is 24.2. The van der Waals surface area contributed by atoms with E-state index in [9.17, 15) is 14.7 Å². The highest BCUT2D eigenvalue weighted by Gasteiger charge is 2.50. The Morgan fingerprint density at radius 3 is 1.89 bits per heavy atom. The van der Waals surface area contributed by atoms with Gasteiger partial charge in [-0.25, -0.2) is 4.39 Å². The van der Waals surface area contributed by atoms with Crippen molar-refractivity contribution in [3.63, 3.8) is 0 Å². The van der Waals surface area contributed by atoms with Gasteiger partial charge in [-0.05, 0) is 82.8 Å². The number of halogens is 1. The highest BCUT2D eigenvalue weighted by Crippen LogP contribution is 2.55. The minimum atomic E-state index is -0.883. The van der Waals surface area contributed by atoms with Crippen molar-refractivity contribution in [3.8, 4) is 0 Å². The predicted octanol–water partition coefficient (Wildman–Crippen LogP) is 10.9. The van der Waals surface area contributed by atoms with E-state index in [1.54, 1.807) is 12.2 Å². The maximum absolute atomic E-state index is 16.8. The number of hydrogen-bond donors (Lipinski definition) is 1. The number of anilines is 1. The summed E-state index contributed by atoms with van der Waals surface area (Å²) in [6.45, 7) is 14.2. The van der Waals surface area contributed by atoms with Crippen LogP contribution < -0.4 is 4.90 Å². The van der Waals surface area contributed by atoms with Gasteiger partial charge in [0, 0.05) is 33.7 Å². The number of carboxylic acid groups (broad SMARTS) is 1. The molecular formula is C49H48FN2O4+. The molecule has 0 fully saturated rings. The SMILES string of the molecule is CC(=CC(F)=CC(C)C1N(CCOC=O)c2c(c3ccccc3c3ccccc23)C1(C)C)C1=[N+](CCC(=O)O)c2c(c3ccccc3c3ccccc23)C1(C)C. The number of ether oxygens (including phenoxy) is 1. The number of carbonyl (C=O) groups excluding carboxylic acids is 1. The van der Waals surface area contributed by atoms with Gasteiger partial charge in [-0.2, -0.15) is 4.58 Å². The fourth-order valence-corrected chi connectivity index (χ4v) is 10.5. The Bertz CT molecular complexity index is 2690. The van der Waals surface area contributed by atoms with Crippen LogP contribution in [0.25, 0.3) is 43.1 Å². The van der Waals surface area contributed by atoms with E-state index < -0.39 is 16.8 Å². The highest BCUT2D eigenvalue weighted by atomic mass is 19.1. The van der Waals surface area contributed by atoms with Crippen molar-refractivity contribution < 1.29 is 28.4 Å². The van der Waals surface area contributed by atoms with Crippen LogP contribution in [0, 0.1) is 5.92 Å². The molecule has 0 saturated heterocycles. The number of allylic oxidation sites excluding steroid dienone is 3. The number of nitrogens with zero attached hydrogens (tertiary/aromatic N) is 2. The van der Waals surface area contributed by atoms with Gasteiger partial charge in [0.15, 0.2) is 12.3 Å². The molecule has 0 spiro atoms. The summed E-state index contributed by atoms with van der Waals surface area (Å²) in [5.41, 5.74) is 5.10. The summed E-state index contributed by atoms with van der Waals surface area (Å²) in [6.07, 6.45) is 3.28. The van der Waals surface area contributed by atoms with Crippen LogP contribution in [0.15, 0.2) is 121 Å². The van der Waals surface area contributed by atoms with Crippen LogP contribution in [-0.2, 0) is 25.2 Å². The van der Waals surface area contributed by atoms with Crippen LogP contribution in [0.5, 0.6) is 0 Å². The second-order valence-electron chi connectivity index (χ2n) is 16.5. The Morgan fingerprint density at radius 2 is 1.32 bits per heavy atom. The number of aliphatic carboxylic acids is 1. The maximum Gasteiger partial charge on any atom is 0.309 e. The molecule has 8 rings (SSSR count). The second kappa shape index (κ2) is 14.0. The third-order valence-electron chi connectivity index (χ3n) is 12.3. The number of rotatable bonds is 11. The zero-order valence-electron chi connectivity index (χ0n) is 32.9. The third kappa shape index (κ3) is 5.78. The van der Waals surface area contributed by atoms with Crippen molar-refractivity contribution >= 4 is 72.6 Å². The van der Waals surface area contributed by atoms with Gasteiger partial charge in [-0.15, -0.1) is 0 Å². The molecule has 2 aliphatic rings. The molecule has 284 valence electrons. The first kappa shape index (κ1) is 37.1. The Balaban J connectivity index is 1.25. The van der Waals surface area contributed by atoms with Crippen LogP contribution >= 0.6 is 0 Å². The average Bonchev–Trinajstić information content (AvgIpc) is 3.57. The van der Waals surface area contributed by atoms with Crippen molar-refractivity contribution in [1.29, 1.82) is 0 Å². The quantitative estimate of drug-likeness (QED) is 0.0470. The monoisotopic (exact) mass is 747 g/mol. The molecule has 2 unspecified atom stereocenters. The lowest BCUT2D eigenvalue weighted by Gasteiger charge is -2.38. The number of fused-ring (bicyclic) bond motifs is 12. The molecule has 0 radical (unpaired) electrons. The van der Waals surface area contributed by atoms with E-state index in [0.717, 1.165) is 60.5 Å². The number of carboxylic acids is 1. The second-order valence-corrected chi connectivity index (χ2v) is 16.5. The van der Waals surface area contributed by atoms with Crippen molar-refractivity contribution in [1.82, 2.24) is 0 Å². The number of benzene rings is 6. The van der Waals surface area contributed by atoms with Gasteiger partial charge in [0.2, 0.25) is 5.69 Å². The lowest BCUT2D eigenvalue weighted by molar-refractivity contribution is -0.435. The zero-order chi connectivity index (χ0) is 39.5. The average molecular weight is 748 g/mol. The molecule has 1 N–H and O–H groups in total. The lowest BCUT2D eigenvalue weighted by atomic mass is 9.73. The van der Waals surface area contributed by atoms with Crippen molar-refractivity contribution in [2.24, 2.45) is 5.92 Å². The molecule has 2 aliphatic heterocycles. The first-order chi connectivity index (χ1) is 26.9. The number of hydrogen-bond acceptors (Lipinski definition) is 4. The molecule has 2 heterocycles. The Hall–Kier alpha value is -5.82. The molecule has 0 aromatic heterocycles. The van der Waals surface area contributed by atoms with Gasteiger partial charge < -0.3 is 14.7 Å². The molecule has 6 nitrogen and oxygen atoms in total. The summed E-state index contributed by atoms with van der Waals surface area (Å²) in [5, 5.41) is 18.9. The van der Waals surface area contributed by atoms with E-state index in [-0.39, 0.29) is 37.4 Å². The minimum absolute atomic E-state index is 0.0624. The molecule has 2 atom stereocenters. The van der Waals surface area contributed by atoms with Crippen LogP contribution in [0.4, 0.5) is 15.8 Å². The van der Waals surface area contributed by atoms with Gasteiger partial charge in [0.25, 0.3) is 6.47 Å². The normalized spacial score (nSPS) is 18.2. The van der Waals surface area contributed by atoms with E-state index in [2.05, 4.69) is 117 Å². The molecule has 0 bridgehead atoms.